The zero-order valence-corrected chi connectivity index (χ0v) is 13.5. The van der Waals surface area contributed by atoms with Gasteiger partial charge < -0.3 is 14.4 Å². The first kappa shape index (κ1) is 15.3. The number of amides is 1. The van der Waals surface area contributed by atoms with Gasteiger partial charge in [-0.3, -0.25) is 4.79 Å². The fourth-order valence-corrected chi connectivity index (χ4v) is 3.07. The Bertz CT molecular complexity index is 516. The lowest BCUT2D eigenvalue weighted by molar-refractivity contribution is -0.000924. The van der Waals surface area contributed by atoms with E-state index in [1.165, 1.54) is 6.42 Å². The Hall–Kier alpha value is -1.55. The van der Waals surface area contributed by atoms with Crippen LogP contribution in [-0.4, -0.2) is 43.7 Å². The monoisotopic (exact) mass is 303 g/mol. The summed E-state index contributed by atoms with van der Waals surface area (Å²) in [6, 6.07) is 7.58. The van der Waals surface area contributed by atoms with Gasteiger partial charge in [-0.05, 0) is 49.9 Å². The van der Waals surface area contributed by atoms with Gasteiger partial charge in [-0.1, -0.05) is 6.92 Å². The highest BCUT2D eigenvalue weighted by atomic mass is 16.5. The summed E-state index contributed by atoms with van der Waals surface area (Å²) < 4.78 is 11.0. The van der Waals surface area contributed by atoms with Gasteiger partial charge in [0.05, 0.1) is 6.10 Å². The molecule has 0 atom stereocenters. The highest BCUT2D eigenvalue weighted by Crippen LogP contribution is 2.34. The zero-order chi connectivity index (χ0) is 15.6. The van der Waals surface area contributed by atoms with Crippen molar-refractivity contribution in [2.24, 2.45) is 5.41 Å². The van der Waals surface area contributed by atoms with Crippen LogP contribution in [0.2, 0.25) is 0 Å². The van der Waals surface area contributed by atoms with E-state index in [4.69, 9.17) is 9.47 Å². The summed E-state index contributed by atoms with van der Waals surface area (Å²) in [6.45, 7) is 4.60. The lowest BCUT2D eigenvalue weighted by atomic mass is 9.79. The summed E-state index contributed by atoms with van der Waals surface area (Å²) in [7, 11) is 1.72. The van der Waals surface area contributed by atoms with Crippen LogP contribution in [0.5, 0.6) is 5.75 Å². The van der Waals surface area contributed by atoms with Gasteiger partial charge in [-0.2, -0.15) is 0 Å². The second-order valence-electron chi connectivity index (χ2n) is 6.91. The lowest BCUT2D eigenvalue weighted by Crippen LogP contribution is -2.57. The minimum absolute atomic E-state index is 0.116. The first-order valence-electron chi connectivity index (χ1n) is 8.15. The van der Waals surface area contributed by atoms with Gasteiger partial charge in [-0.25, -0.2) is 0 Å². The largest absolute Gasteiger partial charge is 0.490 e. The normalized spacial score (nSPS) is 20.2. The molecule has 0 bridgehead atoms. The van der Waals surface area contributed by atoms with E-state index >= 15 is 0 Å². The van der Waals surface area contributed by atoms with Crippen LogP contribution in [0.3, 0.4) is 0 Å². The number of methoxy groups -OCH3 is 1. The van der Waals surface area contributed by atoms with E-state index in [0.717, 1.165) is 50.3 Å². The third-order valence-corrected chi connectivity index (χ3v) is 4.80. The molecule has 1 saturated heterocycles. The number of nitrogens with zero attached hydrogens (tertiary/aromatic N) is 1. The molecule has 1 aliphatic carbocycles. The molecule has 1 saturated carbocycles. The van der Waals surface area contributed by atoms with Crippen LogP contribution in [0.1, 0.15) is 43.0 Å². The standard InChI is InChI=1S/C18H25NO3/c1-18(10-11-21-2)12-19(13-18)17(20)14-6-8-16(9-7-14)22-15-4-3-5-15/h6-9,15H,3-5,10-13H2,1-2H3. The number of carbonyl (C=O) groups excluding carboxylic acids is 1. The maximum absolute atomic E-state index is 12.4. The molecule has 4 nitrogen and oxygen atoms in total. The number of hydrogen-bond acceptors (Lipinski definition) is 3. The van der Waals surface area contributed by atoms with Crippen LogP contribution in [-0.2, 0) is 4.74 Å². The summed E-state index contributed by atoms with van der Waals surface area (Å²) in [6.07, 6.45) is 4.93. The minimum atomic E-state index is 0.116. The number of carbonyl (C=O) groups is 1. The molecule has 1 aromatic carbocycles. The van der Waals surface area contributed by atoms with Crippen molar-refractivity contribution in [2.75, 3.05) is 26.8 Å². The van der Waals surface area contributed by atoms with Crippen molar-refractivity contribution in [1.29, 1.82) is 0 Å². The lowest BCUT2D eigenvalue weighted by Gasteiger charge is -2.48. The molecule has 1 aliphatic heterocycles. The number of ether oxygens (including phenoxy) is 2. The van der Waals surface area contributed by atoms with Crippen LogP contribution >= 0.6 is 0 Å². The van der Waals surface area contributed by atoms with Gasteiger partial charge in [0, 0.05) is 37.8 Å². The van der Waals surface area contributed by atoms with E-state index in [2.05, 4.69) is 6.92 Å². The summed E-state index contributed by atoms with van der Waals surface area (Å²) in [5, 5.41) is 0. The number of hydrogen-bond donors (Lipinski definition) is 0. The van der Waals surface area contributed by atoms with Crippen LogP contribution in [0, 0.1) is 5.41 Å². The average Bonchev–Trinajstić information content (AvgIpc) is 2.46. The van der Waals surface area contributed by atoms with Gasteiger partial charge in [0.2, 0.25) is 0 Å². The van der Waals surface area contributed by atoms with Crippen molar-refractivity contribution >= 4 is 5.91 Å². The Kier molecular flexibility index (Phi) is 4.39. The van der Waals surface area contributed by atoms with Gasteiger partial charge in [-0.15, -0.1) is 0 Å². The van der Waals surface area contributed by atoms with E-state index < -0.39 is 0 Å². The first-order chi connectivity index (χ1) is 10.6. The molecule has 0 unspecified atom stereocenters. The van der Waals surface area contributed by atoms with Gasteiger partial charge >= 0.3 is 0 Å². The molecular formula is C18H25NO3. The molecule has 22 heavy (non-hydrogen) atoms. The third kappa shape index (κ3) is 3.27. The molecule has 0 spiro atoms. The second kappa shape index (κ2) is 6.29. The van der Waals surface area contributed by atoms with Crippen LogP contribution in [0.4, 0.5) is 0 Å². The molecule has 1 aromatic rings. The predicted molar refractivity (Wildman–Crippen MR) is 85.2 cm³/mol. The van der Waals surface area contributed by atoms with Gasteiger partial charge in [0.15, 0.2) is 0 Å². The molecule has 0 radical (unpaired) electrons. The zero-order valence-electron chi connectivity index (χ0n) is 13.5. The van der Waals surface area contributed by atoms with Crippen molar-refractivity contribution in [1.82, 2.24) is 4.90 Å². The van der Waals surface area contributed by atoms with E-state index in [9.17, 15) is 4.79 Å². The molecule has 4 heteroatoms. The van der Waals surface area contributed by atoms with E-state index in [-0.39, 0.29) is 11.3 Å². The summed E-state index contributed by atoms with van der Waals surface area (Å²) in [5.74, 6) is 0.986. The smallest absolute Gasteiger partial charge is 0.253 e. The van der Waals surface area contributed by atoms with Crippen molar-refractivity contribution in [3.05, 3.63) is 29.8 Å². The van der Waals surface area contributed by atoms with Crippen molar-refractivity contribution in [2.45, 2.75) is 38.7 Å². The van der Waals surface area contributed by atoms with Crippen LogP contribution in [0.25, 0.3) is 0 Å². The van der Waals surface area contributed by atoms with Crippen molar-refractivity contribution in [3.63, 3.8) is 0 Å². The van der Waals surface area contributed by atoms with Gasteiger partial charge in [0.1, 0.15) is 5.75 Å². The molecule has 1 heterocycles. The van der Waals surface area contributed by atoms with E-state index in [1.54, 1.807) is 7.11 Å². The molecule has 0 N–H and O–H groups in total. The molecule has 120 valence electrons. The number of benzene rings is 1. The Morgan fingerprint density at radius 3 is 2.50 bits per heavy atom. The molecule has 3 rings (SSSR count). The molecule has 2 fully saturated rings. The third-order valence-electron chi connectivity index (χ3n) is 4.80. The summed E-state index contributed by atoms with van der Waals surface area (Å²) in [4.78, 5) is 14.4. The molecule has 2 aliphatic rings. The minimum Gasteiger partial charge on any atom is -0.490 e. The average molecular weight is 303 g/mol. The van der Waals surface area contributed by atoms with Crippen molar-refractivity contribution in [3.8, 4) is 5.75 Å². The Labute approximate surface area is 132 Å². The highest BCUT2D eigenvalue weighted by Gasteiger charge is 2.40. The predicted octanol–water partition coefficient (Wildman–Crippen LogP) is 3.12. The van der Waals surface area contributed by atoms with E-state index in [0.29, 0.717) is 6.10 Å². The maximum Gasteiger partial charge on any atom is 0.253 e. The Balaban J connectivity index is 1.52. The highest BCUT2D eigenvalue weighted by molar-refractivity contribution is 5.95. The molecular weight excluding hydrogens is 278 g/mol. The maximum atomic E-state index is 12.4. The first-order valence-corrected chi connectivity index (χ1v) is 8.15. The molecule has 0 aromatic heterocycles. The quantitative estimate of drug-likeness (QED) is 0.810. The van der Waals surface area contributed by atoms with Gasteiger partial charge in [0.25, 0.3) is 5.91 Å². The van der Waals surface area contributed by atoms with E-state index in [1.807, 2.05) is 29.2 Å². The second-order valence-corrected chi connectivity index (χ2v) is 6.91. The SMILES string of the molecule is COCCC1(C)CN(C(=O)c2ccc(OC3CCC3)cc2)C1. The number of rotatable bonds is 6. The van der Waals surface area contributed by atoms with Crippen LogP contribution < -0.4 is 4.74 Å². The fraction of sp³-hybridized carbons (Fsp3) is 0.611. The van der Waals surface area contributed by atoms with Crippen molar-refractivity contribution < 1.29 is 14.3 Å². The topological polar surface area (TPSA) is 38.8 Å². The van der Waals surface area contributed by atoms with Crippen LogP contribution in [0.15, 0.2) is 24.3 Å². The molecule has 1 amide bonds. The summed E-state index contributed by atoms with van der Waals surface area (Å²) >= 11 is 0. The Morgan fingerprint density at radius 2 is 1.95 bits per heavy atom. The Morgan fingerprint density at radius 1 is 1.27 bits per heavy atom. The fourth-order valence-electron chi connectivity index (χ4n) is 3.07. The number of likely N-dealkylation sites (tertiary alicyclic amines) is 1. The summed E-state index contributed by atoms with van der Waals surface area (Å²) in [5.41, 5.74) is 0.952.